The number of anilines is 1. The fraction of sp³-hybridized carbons (Fsp3) is 0.280. The minimum atomic E-state index is -0.275. The third-order valence-electron chi connectivity index (χ3n) is 5.61. The first-order valence-corrected chi connectivity index (χ1v) is 10.4. The number of benzene rings is 2. The van der Waals surface area contributed by atoms with Gasteiger partial charge in [0.05, 0.1) is 0 Å². The predicted octanol–water partition coefficient (Wildman–Crippen LogP) is 4.28. The molecule has 0 saturated heterocycles. The average molecular weight is 404 g/mol. The number of nitrogens with one attached hydrogen (secondary N) is 1. The Kier molecular flexibility index (Phi) is 6.07. The summed E-state index contributed by atoms with van der Waals surface area (Å²) in [7, 11) is 0. The topological polar surface area (TPSA) is 45.2 Å². The van der Waals surface area contributed by atoms with Crippen LogP contribution in [0.5, 0.6) is 0 Å². The molecule has 1 atom stereocenters. The van der Waals surface area contributed by atoms with Crippen molar-refractivity contribution in [1.29, 1.82) is 0 Å². The van der Waals surface area contributed by atoms with Gasteiger partial charge < -0.3 is 10.2 Å². The Morgan fingerprint density at radius 1 is 1.10 bits per heavy atom. The Morgan fingerprint density at radius 2 is 1.93 bits per heavy atom. The van der Waals surface area contributed by atoms with Crippen LogP contribution in [-0.4, -0.2) is 17.4 Å². The van der Waals surface area contributed by atoms with E-state index in [1.54, 1.807) is 6.07 Å². The summed E-state index contributed by atoms with van der Waals surface area (Å²) >= 11 is 0. The number of hydrogen-bond donors (Lipinski definition) is 1. The van der Waals surface area contributed by atoms with Crippen LogP contribution in [-0.2, 0) is 30.7 Å². The highest BCUT2D eigenvalue weighted by Crippen LogP contribution is 2.23. The molecule has 1 unspecified atom stereocenters. The molecule has 5 heteroatoms. The van der Waals surface area contributed by atoms with Crippen LogP contribution in [0.1, 0.15) is 29.2 Å². The summed E-state index contributed by atoms with van der Waals surface area (Å²) in [6, 6.07) is 19.0. The van der Waals surface area contributed by atoms with E-state index >= 15 is 0 Å². The maximum absolute atomic E-state index is 13.3. The van der Waals surface area contributed by atoms with Crippen molar-refractivity contribution in [3.8, 4) is 0 Å². The van der Waals surface area contributed by atoms with Crippen molar-refractivity contribution in [3.63, 3.8) is 0 Å². The Balaban J connectivity index is 1.30. The number of rotatable bonds is 6. The van der Waals surface area contributed by atoms with E-state index in [1.807, 2.05) is 31.3 Å². The lowest BCUT2D eigenvalue weighted by atomic mass is 10.00. The van der Waals surface area contributed by atoms with E-state index in [0.717, 1.165) is 36.5 Å². The van der Waals surface area contributed by atoms with Crippen LogP contribution < -0.4 is 10.2 Å². The van der Waals surface area contributed by atoms with E-state index in [9.17, 15) is 9.18 Å². The van der Waals surface area contributed by atoms with E-state index in [-0.39, 0.29) is 17.6 Å². The molecule has 4 rings (SSSR count). The summed E-state index contributed by atoms with van der Waals surface area (Å²) in [5.74, 6) is 0.408. The maximum atomic E-state index is 13.3. The average Bonchev–Trinajstić information content (AvgIpc) is 2.77. The Bertz CT molecular complexity index is 1020. The fourth-order valence-electron chi connectivity index (χ4n) is 3.87. The summed E-state index contributed by atoms with van der Waals surface area (Å²) < 4.78 is 13.3. The lowest BCUT2D eigenvalue weighted by Crippen LogP contribution is -2.31. The van der Waals surface area contributed by atoms with Crippen LogP contribution >= 0.6 is 0 Å². The van der Waals surface area contributed by atoms with Gasteiger partial charge in [-0.3, -0.25) is 4.79 Å². The number of carbonyl (C=O) groups is 1. The minimum absolute atomic E-state index is 0.0454. The van der Waals surface area contributed by atoms with Crippen molar-refractivity contribution >= 4 is 11.7 Å². The number of halogens is 1. The Morgan fingerprint density at radius 3 is 2.70 bits per heavy atom. The van der Waals surface area contributed by atoms with E-state index in [0.29, 0.717) is 13.0 Å². The van der Waals surface area contributed by atoms with Gasteiger partial charge in [0, 0.05) is 31.7 Å². The Hall–Kier alpha value is -3.21. The molecule has 2 aromatic carbocycles. The number of hydrogen-bond acceptors (Lipinski definition) is 3. The van der Waals surface area contributed by atoms with Crippen LogP contribution in [0.3, 0.4) is 0 Å². The van der Waals surface area contributed by atoms with Gasteiger partial charge in [-0.2, -0.15) is 0 Å². The second-order valence-electron chi connectivity index (χ2n) is 7.92. The van der Waals surface area contributed by atoms with Gasteiger partial charge in [0.1, 0.15) is 11.6 Å². The van der Waals surface area contributed by atoms with Crippen LogP contribution in [0.15, 0.2) is 66.9 Å². The normalized spacial score (nSPS) is 14.1. The summed E-state index contributed by atoms with van der Waals surface area (Å²) in [6.45, 7) is 4.12. The molecule has 4 nitrogen and oxygen atoms in total. The standard InChI is InChI=1S/C25H26FN3O/c1-18(13-19-5-4-8-23(26)14-19)25(30)28-16-20-9-10-24(27-15-20)29-12-11-21-6-2-3-7-22(21)17-29/h2-10,14-15,18H,11-13,16-17H2,1H3,(H,28,30). The first kappa shape index (κ1) is 20.1. The summed E-state index contributed by atoms with van der Waals surface area (Å²) in [4.78, 5) is 19.3. The highest BCUT2D eigenvalue weighted by molar-refractivity contribution is 5.78. The van der Waals surface area contributed by atoms with Gasteiger partial charge >= 0.3 is 0 Å². The highest BCUT2D eigenvalue weighted by Gasteiger charge is 2.17. The lowest BCUT2D eigenvalue weighted by Gasteiger charge is -2.29. The van der Waals surface area contributed by atoms with Gasteiger partial charge in [0.25, 0.3) is 0 Å². The van der Waals surface area contributed by atoms with Gasteiger partial charge in [-0.1, -0.05) is 49.4 Å². The van der Waals surface area contributed by atoms with Crippen molar-refractivity contribution in [2.45, 2.75) is 32.9 Å². The van der Waals surface area contributed by atoms with Crippen molar-refractivity contribution < 1.29 is 9.18 Å². The number of aromatic nitrogens is 1. The molecule has 1 amide bonds. The third-order valence-corrected chi connectivity index (χ3v) is 5.61. The maximum Gasteiger partial charge on any atom is 0.223 e. The van der Waals surface area contributed by atoms with Crippen LogP contribution in [0.4, 0.5) is 10.2 Å². The van der Waals surface area contributed by atoms with Crippen molar-refractivity contribution in [3.05, 3.63) is 94.9 Å². The van der Waals surface area contributed by atoms with Crippen molar-refractivity contribution in [2.24, 2.45) is 5.92 Å². The number of fused-ring (bicyclic) bond motifs is 1. The van der Waals surface area contributed by atoms with Gasteiger partial charge in [0.15, 0.2) is 0 Å². The molecular weight excluding hydrogens is 377 g/mol. The van der Waals surface area contributed by atoms with E-state index in [1.165, 1.54) is 23.3 Å². The zero-order valence-electron chi connectivity index (χ0n) is 17.1. The number of pyridine rings is 1. The van der Waals surface area contributed by atoms with Gasteiger partial charge in [0.2, 0.25) is 5.91 Å². The predicted molar refractivity (Wildman–Crippen MR) is 117 cm³/mol. The van der Waals surface area contributed by atoms with Crippen molar-refractivity contribution in [2.75, 3.05) is 11.4 Å². The molecule has 3 aromatic rings. The number of nitrogens with zero attached hydrogens (tertiary/aromatic N) is 2. The van der Waals surface area contributed by atoms with Crippen LogP contribution in [0.2, 0.25) is 0 Å². The van der Waals surface area contributed by atoms with Gasteiger partial charge in [-0.15, -0.1) is 0 Å². The molecule has 154 valence electrons. The van der Waals surface area contributed by atoms with E-state index in [2.05, 4.69) is 39.5 Å². The van der Waals surface area contributed by atoms with Crippen LogP contribution in [0.25, 0.3) is 0 Å². The molecule has 1 aliphatic heterocycles. The van der Waals surface area contributed by atoms with Gasteiger partial charge in [-0.25, -0.2) is 9.37 Å². The van der Waals surface area contributed by atoms with Crippen LogP contribution in [0, 0.1) is 11.7 Å². The molecule has 1 aliphatic rings. The summed E-state index contributed by atoms with van der Waals surface area (Å²) in [6.07, 6.45) is 3.36. The van der Waals surface area contributed by atoms with E-state index in [4.69, 9.17) is 0 Å². The number of amides is 1. The SMILES string of the molecule is CC(Cc1cccc(F)c1)C(=O)NCc1ccc(N2CCc3ccccc3C2)nc1. The first-order chi connectivity index (χ1) is 14.6. The molecule has 0 fully saturated rings. The third kappa shape index (κ3) is 4.85. The van der Waals surface area contributed by atoms with E-state index < -0.39 is 0 Å². The molecule has 2 heterocycles. The van der Waals surface area contributed by atoms with Gasteiger partial charge in [-0.05, 0) is 53.3 Å². The summed E-state index contributed by atoms with van der Waals surface area (Å²) in [5.41, 5.74) is 4.56. The highest BCUT2D eigenvalue weighted by atomic mass is 19.1. The van der Waals surface area contributed by atoms with Crippen molar-refractivity contribution in [1.82, 2.24) is 10.3 Å². The molecule has 0 spiro atoms. The molecule has 1 N–H and O–H groups in total. The quantitative estimate of drug-likeness (QED) is 0.668. The second-order valence-corrected chi connectivity index (χ2v) is 7.92. The zero-order chi connectivity index (χ0) is 20.9. The Labute approximate surface area is 176 Å². The second kappa shape index (κ2) is 9.08. The molecule has 0 aliphatic carbocycles. The molecule has 0 bridgehead atoms. The monoisotopic (exact) mass is 403 g/mol. The fourth-order valence-corrected chi connectivity index (χ4v) is 3.87. The lowest BCUT2D eigenvalue weighted by molar-refractivity contribution is -0.124. The molecular formula is C25H26FN3O. The number of carbonyl (C=O) groups excluding carboxylic acids is 1. The first-order valence-electron chi connectivity index (χ1n) is 10.4. The zero-order valence-corrected chi connectivity index (χ0v) is 17.1. The molecule has 0 saturated carbocycles. The molecule has 30 heavy (non-hydrogen) atoms. The minimum Gasteiger partial charge on any atom is -0.352 e. The molecule has 1 aromatic heterocycles. The smallest absolute Gasteiger partial charge is 0.223 e. The molecule has 0 radical (unpaired) electrons. The largest absolute Gasteiger partial charge is 0.352 e. The summed E-state index contributed by atoms with van der Waals surface area (Å²) in [5, 5.41) is 2.96.